The first-order valence-corrected chi connectivity index (χ1v) is 9.64. The van der Waals surface area contributed by atoms with Gasteiger partial charge in [-0.25, -0.2) is 0 Å². The Bertz CT molecular complexity index is 951. The van der Waals surface area contributed by atoms with Gasteiger partial charge in [0.05, 0.1) is 23.3 Å². The maximum absolute atomic E-state index is 13.3. The van der Waals surface area contributed by atoms with E-state index in [0.29, 0.717) is 37.4 Å². The molecule has 2 unspecified atom stereocenters. The molecule has 148 valence electrons. The van der Waals surface area contributed by atoms with E-state index in [1.54, 1.807) is 4.90 Å². The van der Waals surface area contributed by atoms with Gasteiger partial charge >= 0.3 is 5.97 Å². The van der Waals surface area contributed by atoms with E-state index >= 15 is 0 Å². The topological polar surface area (TPSA) is 84.7 Å². The minimum atomic E-state index is -1.04. The largest absolute Gasteiger partial charge is 0.493 e. The molecule has 1 saturated heterocycles. The van der Waals surface area contributed by atoms with E-state index < -0.39 is 11.4 Å². The standard InChI is InChI=1S/C21H25N3O4/c1-4-24-14(3)18(13(2)22-24)19(25)23-10-16-11-28-17-8-6-5-7-15(17)9-21(16,12-23)20(26)27/h5-8,16H,4,9-12H2,1-3H3,(H,26,27). The zero-order chi connectivity index (χ0) is 20.1. The van der Waals surface area contributed by atoms with Gasteiger partial charge in [0.15, 0.2) is 0 Å². The molecule has 1 N–H and O–H groups in total. The summed E-state index contributed by atoms with van der Waals surface area (Å²) in [4.78, 5) is 27.4. The molecule has 1 amide bonds. The number of carbonyl (C=O) groups excluding carboxylic acids is 1. The molecule has 3 heterocycles. The number of hydrogen-bond donors (Lipinski definition) is 1. The van der Waals surface area contributed by atoms with Crippen LogP contribution in [0.3, 0.4) is 0 Å². The maximum Gasteiger partial charge on any atom is 0.312 e. The average Bonchev–Trinajstić information content (AvgIpc) is 3.13. The number of aromatic nitrogens is 2. The minimum absolute atomic E-state index is 0.142. The van der Waals surface area contributed by atoms with E-state index in [9.17, 15) is 14.7 Å². The van der Waals surface area contributed by atoms with Gasteiger partial charge in [-0.15, -0.1) is 0 Å². The lowest BCUT2D eigenvalue weighted by molar-refractivity contribution is -0.150. The highest BCUT2D eigenvalue weighted by atomic mass is 16.5. The molecule has 0 radical (unpaired) electrons. The van der Waals surface area contributed by atoms with Crippen molar-refractivity contribution in [1.29, 1.82) is 0 Å². The summed E-state index contributed by atoms with van der Waals surface area (Å²) in [6, 6.07) is 7.56. The van der Waals surface area contributed by atoms with Crippen LogP contribution >= 0.6 is 0 Å². The normalized spacial score (nSPS) is 23.5. The maximum atomic E-state index is 13.3. The number of para-hydroxylation sites is 1. The van der Waals surface area contributed by atoms with E-state index in [2.05, 4.69) is 5.10 Å². The summed E-state index contributed by atoms with van der Waals surface area (Å²) in [6.45, 7) is 7.22. The first-order valence-electron chi connectivity index (χ1n) is 9.64. The molecule has 1 aromatic carbocycles. The summed E-state index contributed by atoms with van der Waals surface area (Å²) in [5.74, 6) is -0.531. The van der Waals surface area contributed by atoms with Gasteiger partial charge in [0.2, 0.25) is 0 Å². The summed E-state index contributed by atoms with van der Waals surface area (Å²) in [5.41, 5.74) is 1.93. The third-order valence-corrected chi connectivity index (χ3v) is 6.22. The third-order valence-electron chi connectivity index (χ3n) is 6.22. The number of benzene rings is 1. The van der Waals surface area contributed by atoms with Crippen molar-refractivity contribution >= 4 is 11.9 Å². The molecule has 0 saturated carbocycles. The lowest BCUT2D eigenvalue weighted by Crippen LogP contribution is -2.42. The zero-order valence-corrected chi connectivity index (χ0v) is 16.4. The Labute approximate surface area is 163 Å². The number of amides is 1. The highest BCUT2D eigenvalue weighted by Crippen LogP contribution is 2.44. The summed E-state index contributed by atoms with van der Waals surface area (Å²) in [5, 5.41) is 14.6. The van der Waals surface area contributed by atoms with Crippen molar-refractivity contribution in [2.75, 3.05) is 19.7 Å². The summed E-state index contributed by atoms with van der Waals surface area (Å²) < 4.78 is 7.73. The SMILES string of the molecule is CCn1nc(C)c(C(=O)N2CC3COc4ccccc4CC3(C(=O)O)C2)c1C. The van der Waals surface area contributed by atoms with E-state index in [1.807, 2.05) is 49.7 Å². The monoisotopic (exact) mass is 383 g/mol. The number of aliphatic carboxylic acids is 1. The molecule has 2 aliphatic rings. The van der Waals surface area contributed by atoms with Crippen LogP contribution in [0.4, 0.5) is 0 Å². The van der Waals surface area contributed by atoms with E-state index in [-0.39, 0.29) is 18.4 Å². The Morgan fingerprint density at radius 2 is 2.07 bits per heavy atom. The number of carboxylic acid groups (broad SMARTS) is 1. The van der Waals surface area contributed by atoms with Crippen molar-refractivity contribution in [1.82, 2.24) is 14.7 Å². The highest BCUT2D eigenvalue weighted by molar-refractivity contribution is 5.97. The van der Waals surface area contributed by atoms with Gasteiger partial charge in [0.1, 0.15) is 5.75 Å². The second kappa shape index (κ2) is 6.65. The molecule has 7 nitrogen and oxygen atoms in total. The van der Waals surface area contributed by atoms with E-state index in [0.717, 1.165) is 17.0 Å². The highest BCUT2D eigenvalue weighted by Gasteiger charge is 2.55. The molecule has 7 heteroatoms. The van der Waals surface area contributed by atoms with Crippen molar-refractivity contribution in [2.24, 2.45) is 11.3 Å². The Balaban J connectivity index is 1.68. The van der Waals surface area contributed by atoms with Gasteiger partial charge < -0.3 is 14.7 Å². The second-order valence-electron chi connectivity index (χ2n) is 7.80. The molecule has 1 fully saturated rings. The fourth-order valence-corrected chi connectivity index (χ4v) is 4.65. The predicted molar refractivity (Wildman–Crippen MR) is 102 cm³/mol. The molecule has 1 aromatic heterocycles. The van der Waals surface area contributed by atoms with Crippen LogP contribution in [-0.2, 0) is 17.8 Å². The van der Waals surface area contributed by atoms with Crippen LogP contribution < -0.4 is 4.74 Å². The third kappa shape index (κ3) is 2.68. The molecular formula is C21H25N3O4. The number of rotatable bonds is 3. The van der Waals surface area contributed by atoms with E-state index in [1.165, 1.54) is 0 Å². The number of nitrogens with zero attached hydrogens (tertiary/aromatic N) is 3. The number of carboxylic acids is 1. The van der Waals surface area contributed by atoms with Crippen molar-refractivity contribution in [2.45, 2.75) is 33.7 Å². The molecule has 0 aliphatic carbocycles. The van der Waals surface area contributed by atoms with Crippen LogP contribution in [0, 0.1) is 25.2 Å². The van der Waals surface area contributed by atoms with Crippen LogP contribution in [0.5, 0.6) is 5.75 Å². The van der Waals surface area contributed by atoms with E-state index in [4.69, 9.17) is 4.74 Å². The molecule has 2 aromatic rings. The fraction of sp³-hybridized carbons (Fsp3) is 0.476. The van der Waals surface area contributed by atoms with Crippen LogP contribution in [0.25, 0.3) is 0 Å². The minimum Gasteiger partial charge on any atom is -0.493 e. The number of carbonyl (C=O) groups is 2. The predicted octanol–water partition coefficient (Wildman–Crippen LogP) is 2.30. The lowest BCUT2D eigenvalue weighted by Gasteiger charge is -2.27. The summed E-state index contributed by atoms with van der Waals surface area (Å²) in [7, 11) is 0. The Morgan fingerprint density at radius 1 is 1.32 bits per heavy atom. The molecular weight excluding hydrogens is 358 g/mol. The molecule has 4 rings (SSSR count). The van der Waals surface area contributed by atoms with Crippen molar-refractivity contribution in [3.8, 4) is 5.75 Å². The van der Waals surface area contributed by atoms with Gasteiger partial charge in [-0.2, -0.15) is 5.10 Å². The van der Waals surface area contributed by atoms with Crippen LogP contribution in [0.15, 0.2) is 24.3 Å². The molecule has 28 heavy (non-hydrogen) atoms. The Kier molecular flexibility index (Phi) is 4.40. The van der Waals surface area contributed by atoms with Crippen LogP contribution in [0.1, 0.15) is 34.2 Å². The number of likely N-dealkylation sites (tertiary alicyclic amines) is 1. The number of ether oxygens (including phenoxy) is 1. The van der Waals surface area contributed by atoms with Gasteiger partial charge in [0, 0.05) is 31.2 Å². The van der Waals surface area contributed by atoms with Crippen LogP contribution in [0.2, 0.25) is 0 Å². The molecule has 0 spiro atoms. The fourth-order valence-electron chi connectivity index (χ4n) is 4.65. The Morgan fingerprint density at radius 3 is 2.75 bits per heavy atom. The zero-order valence-electron chi connectivity index (χ0n) is 16.4. The number of fused-ring (bicyclic) bond motifs is 2. The lowest BCUT2D eigenvalue weighted by atomic mass is 9.74. The second-order valence-corrected chi connectivity index (χ2v) is 7.80. The van der Waals surface area contributed by atoms with Crippen molar-refractivity contribution in [3.05, 3.63) is 46.8 Å². The summed E-state index contributed by atoms with van der Waals surface area (Å²) in [6.07, 6.45) is 0.360. The molecule has 0 bridgehead atoms. The van der Waals surface area contributed by atoms with Gasteiger partial charge in [-0.3, -0.25) is 14.3 Å². The smallest absolute Gasteiger partial charge is 0.312 e. The molecule has 2 aliphatic heterocycles. The van der Waals surface area contributed by atoms with Crippen molar-refractivity contribution < 1.29 is 19.4 Å². The molecule has 2 atom stereocenters. The quantitative estimate of drug-likeness (QED) is 0.879. The first-order chi connectivity index (χ1) is 13.4. The first kappa shape index (κ1) is 18.5. The van der Waals surface area contributed by atoms with Crippen molar-refractivity contribution in [3.63, 3.8) is 0 Å². The van der Waals surface area contributed by atoms with Crippen LogP contribution in [-0.4, -0.2) is 51.4 Å². The number of aryl methyl sites for hydroxylation is 2. The average molecular weight is 383 g/mol. The Hall–Kier alpha value is -2.83. The van der Waals surface area contributed by atoms with Gasteiger partial charge in [0.25, 0.3) is 5.91 Å². The summed E-state index contributed by atoms with van der Waals surface area (Å²) >= 11 is 0. The van der Waals surface area contributed by atoms with Gasteiger partial charge in [-0.1, -0.05) is 18.2 Å². The number of hydrogen-bond acceptors (Lipinski definition) is 4. The van der Waals surface area contributed by atoms with Gasteiger partial charge in [-0.05, 0) is 38.8 Å².